The normalized spacial score (nSPS) is 17.0. The predicted molar refractivity (Wildman–Crippen MR) is 118 cm³/mol. The van der Waals surface area contributed by atoms with E-state index in [2.05, 4.69) is 25.3 Å². The molecule has 1 saturated carbocycles. The third-order valence-corrected chi connectivity index (χ3v) is 6.15. The van der Waals surface area contributed by atoms with E-state index in [-0.39, 0.29) is 11.8 Å². The van der Waals surface area contributed by atoms with Crippen molar-refractivity contribution in [3.05, 3.63) is 48.2 Å². The summed E-state index contributed by atoms with van der Waals surface area (Å²) in [5, 5.41) is 7.30. The van der Waals surface area contributed by atoms with Crippen molar-refractivity contribution in [2.75, 3.05) is 24.5 Å². The molecule has 0 spiro atoms. The highest BCUT2D eigenvalue weighted by Gasteiger charge is 2.29. The van der Waals surface area contributed by atoms with E-state index in [1.54, 1.807) is 6.20 Å². The zero-order chi connectivity index (χ0) is 21.2. The molecule has 31 heavy (non-hydrogen) atoms. The third-order valence-electron chi connectivity index (χ3n) is 6.15. The standard InChI is InChI=1S/C24H27N5O2/c1-16-4-2-5-19(14-16)21-27-24(31-28-21)20-6-3-11-25-22(20)29-12-9-18(10-13-29)23(30)26-15-17-7-8-17/h2-6,11,14,17-18H,7-10,12-13,15H2,1H3,(H,26,30). The number of anilines is 1. The van der Waals surface area contributed by atoms with Gasteiger partial charge in [-0.1, -0.05) is 28.9 Å². The predicted octanol–water partition coefficient (Wildman–Crippen LogP) is 3.85. The second-order valence-electron chi connectivity index (χ2n) is 8.62. The lowest BCUT2D eigenvalue weighted by Gasteiger charge is -2.32. The van der Waals surface area contributed by atoms with Gasteiger partial charge in [-0.2, -0.15) is 4.98 Å². The highest BCUT2D eigenvalue weighted by Crippen LogP contribution is 2.32. The van der Waals surface area contributed by atoms with Gasteiger partial charge in [0.05, 0.1) is 5.56 Å². The summed E-state index contributed by atoms with van der Waals surface area (Å²) in [6, 6.07) is 11.9. The van der Waals surface area contributed by atoms with Crippen molar-refractivity contribution in [3.63, 3.8) is 0 Å². The molecule has 160 valence electrons. The molecule has 3 heterocycles. The van der Waals surface area contributed by atoms with Gasteiger partial charge in [-0.3, -0.25) is 4.79 Å². The van der Waals surface area contributed by atoms with Crippen molar-refractivity contribution in [1.29, 1.82) is 0 Å². The number of amides is 1. The minimum Gasteiger partial charge on any atom is -0.356 e. The van der Waals surface area contributed by atoms with Gasteiger partial charge in [-0.15, -0.1) is 0 Å². The number of hydrogen-bond acceptors (Lipinski definition) is 6. The molecule has 1 amide bonds. The Morgan fingerprint density at radius 2 is 2.00 bits per heavy atom. The second-order valence-corrected chi connectivity index (χ2v) is 8.62. The Labute approximate surface area is 181 Å². The molecule has 0 radical (unpaired) electrons. The number of aryl methyl sites for hydroxylation is 1. The van der Waals surface area contributed by atoms with Gasteiger partial charge >= 0.3 is 0 Å². The summed E-state index contributed by atoms with van der Waals surface area (Å²) in [6.07, 6.45) is 5.94. The van der Waals surface area contributed by atoms with Crippen molar-refractivity contribution in [2.45, 2.75) is 32.6 Å². The number of benzene rings is 1. The largest absolute Gasteiger partial charge is 0.356 e. The fraction of sp³-hybridized carbons (Fsp3) is 0.417. The van der Waals surface area contributed by atoms with Gasteiger partial charge < -0.3 is 14.7 Å². The van der Waals surface area contributed by atoms with Crippen LogP contribution in [0.3, 0.4) is 0 Å². The molecule has 5 rings (SSSR count). The molecule has 7 heteroatoms. The summed E-state index contributed by atoms with van der Waals surface area (Å²) in [7, 11) is 0. The van der Waals surface area contributed by atoms with Crippen molar-refractivity contribution in [2.24, 2.45) is 11.8 Å². The number of hydrogen-bond donors (Lipinski definition) is 1. The van der Waals surface area contributed by atoms with Gasteiger partial charge in [0.15, 0.2) is 0 Å². The fourth-order valence-corrected chi connectivity index (χ4v) is 4.11. The molecule has 1 saturated heterocycles. The Morgan fingerprint density at radius 1 is 1.16 bits per heavy atom. The molecular formula is C24H27N5O2. The highest BCUT2D eigenvalue weighted by molar-refractivity contribution is 5.79. The van der Waals surface area contributed by atoms with Gasteiger partial charge in [0, 0.05) is 37.3 Å². The minimum atomic E-state index is 0.0819. The van der Waals surface area contributed by atoms with Gasteiger partial charge in [-0.25, -0.2) is 4.98 Å². The number of rotatable bonds is 6. The topological polar surface area (TPSA) is 84.2 Å². The Balaban J connectivity index is 1.29. The Hall–Kier alpha value is -3.22. The van der Waals surface area contributed by atoms with Gasteiger partial charge in [0.25, 0.3) is 5.89 Å². The lowest BCUT2D eigenvalue weighted by atomic mass is 9.95. The SMILES string of the molecule is Cc1cccc(-c2noc(-c3cccnc3N3CCC(C(=O)NCC4CC4)CC3)n2)c1. The second kappa shape index (κ2) is 8.49. The smallest absolute Gasteiger partial charge is 0.261 e. The summed E-state index contributed by atoms with van der Waals surface area (Å²) < 4.78 is 5.60. The fourth-order valence-electron chi connectivity index (χ4n) is 4.11. The van der Waals surface area contributed by atoms with Gasteiger partial charge in [0.2, 0.25) is 11.7 Å². The Morgan fingerprint density at radius 3 is 2.77 bits per heavy atom. The average molecular weight is 418 g/mol. The first-order valence-electron chi connectivity index (χ1n) is 11.1. The van der Waals surface area contributed by atoms with Crippen LogP contribution in [0.2, 0.25) is 0 Å². The van der Waals surface area contributed by atoms with E-state index in [0.717, 1.165) is 55.0 Å². The zero-order valence-electron chi connectivity index (χ0n) is 17.8. The minimum absolute atomic E-state index is 0.0819. The maximum absolute atomic E-state index is 12.4. The molecule has 1 aliphatic heterocycles. The number of piperidine rings is 1. The quantitative estimate of drug-likeness (QED) is 0.656. The van der Waals surface area contributed by atoms with Gasteiger partial charge in [-0.05, 0) is 56.7 Å². The zero-order valence-corrected chi connectivity index (χ0v) is 17.8. The molecule has 1 aromatic carbocycles. The number of nitrogens with zero attached hydrogens (tertiary/aromatic N) is 4. The molecule has 7 nitrogen and oxygen atoms in total. The number of aromatic nitrogens is 3. The summed E-state index contributed by atoms with van der Waals surface area (Å²) in [5.41, 5.74) is 2.90. The number of nitrogens with one attached hydrogen (secondary N) is 1. The van der Waals surface area contributed by atoms with Crippen LogP contribution in [0, 0.1) is 18.8 Å². The van der Waals surface area contributed by atoms with E-state index in [1.165, 1.54) is 12.8 Å². The molecule has 2 fully saturated rings. The van der Waals surface area contributed by atoms with Crippen LogP contribution >= 0.6 is 0 Å². The van der Waals surface area contributed by atoms with E-state index in [1.807, 2.05) is 43.3 Å². The van der Waals surface area contributed by atoms with Crippen LogP contribution in [0.1, 0.15) is 31.2 Å². The first-order valence-corrected chi connectivity index (χ1v) is 11.1. The molecule has 1 aliphatic carbocycles. The number of pyridine rings is 1. The van der Waals surface area contributed by atoms with Crippen molar-refractivity contribution in [1.82, 2.24) is 20.4 Å². The van der Waals surface area contributed by atoms with Crippen LogP contribution in [0.5, 0.6) is 0 Å². The summed E-state index contributed by atoms with van der Waals surface area (Å²) in [4.78, 5) is 23.9. The van der Waals surface area contributed by atoms with Crippen molar-refractivity contribution in [3.8, 4) is 22.8 Å². The molecule has 0 atom stereocenters. The molecule has 0 unspecified atom stereocenters. The van der Waals surface area contributed by atoms with Gasteiger partial charge in [0.1, 0.15) is 5.82 Å². The summed E-state index contributed by atoms with van der Waals surface area (Å²) >= 11 is 0. The molecule has 2 aromatic heterocycles. The molecule has 1 N–H and O–H groups in total. The average Bonchev–Trinajstić information content (AvgIpc) is 3.51. The van der Waals surface area contributed by atoms with Crippen LogP contribution in [0.4, 0.5) is 5.82 Å². The molecule has 3 aromatic rings. The van der Waals surface area contributed by atoms with E-state index >= 15 is 0 Å². The molecule has 0 bridgehead atoms. The lowest BCUT2D eigenvalue weighted by molar-refractivity contribution is -0.125. The van der Waals surface area contributed by atoms with Crippen LogP contribution in [0.25, 0.3) is 22.8 Å². The van der Waals surface area contributed by atoms with Crippen LogP contribution < -0.4 is 10.2 Å². The van der Waals surface area contributed by atoms with Crippen molar-refractivity contribution >= 4 is 11.7 Å². The number of carbonyl (C=O) groups is 1. The molecular weight excluding hydrogens is 390 g/mol. The maximum Gasteiger partial charge on any atom is 0.261 e. The first kappa shape index (κ1) is 19.7. The number of carbonyl (C=O) groups excluding carboxylic acids is 1. The highest BCUT2D eigenvalue weighted by atomic mass is 16.5. The van der Waals surface area contributed by atoms with Crippen LogP contribution in [-0.4, -0.2) is 40.7 Å². The Kier molecular flexibility index (Phi) is 5.40. The monoisotopic (exact) mass is 417 g/mol. The van der Waals surface area contributed by atoms with E-state index in [9.17, 15) is 4.79 Å². The Bertz CT molecular complexity index is 1070. The summed E-state index contributed by atoms with van der Waals surface area (Å²) in [5.74, 6) is 2.85. The van der Waals surface area contributed by atoms with E-state index < -0.39 is 0 Å². The van der Waals surface area contributed by atoms with E-state index in [0.29, 0.717) is 17.6 Å². The summed E-state index contributed by atoms with van der Waals surface area (Å²) in [6.45, 7) is 4.44. The first-order chi connectivity index (χ1) is 15.2. The maximum atomic E-state index is 12.4. The van der Waals surface area contributed by atoms with Crippen molar-refractivity contribution < 1.29 is 9.32 Å². The van der Waals surface area contributed by atoms with Crippen LogP contribution in [-0.2, 0) is 4.79 Å². The molecule has 2 aliphatic rings. The van der Waals surface area contributed by atoms with E-state index in [4.69, 9.17) is 4.52 Å². The lowest BCUT2D eigenvalue weighted by Crippen LogP contribution is -2.41. The third kappa shape index (κ3) is 4.45. The van der Waals surface area contributed by atoms with Crippen LogP contribution in [0.15, 0.2) is 47.1 Å².